The summed E-state index contributed by atoms with van der Waals surface area (Å²) in [7, 11) is 0. The third-order valence-electron chi connectivity index (χ3n) is 3.97. The van der Waals surface area contributed by atoms with Crippen molar-refractivity contribution in [2.75, 3.05) is 5.32 Å². The summed E-state index contributed by atoms with van der Waals surface area (Å²) in [5.41, 5.74) is 2.61. The number of nitrogens with zero attached hydrogens (tertiary/aromatic N) is 1. The van der Waals surface area contributed by atoms with Gasteiger partial charge in [-0.3, -0.25) is 9.59 Å². The van der Waals surface area contributed by atoms with Gasteiger partial charge in [0.2, 0.25) is 0 Å². The van der Waals surface area contributed by atoms with Crippen molar-refractivity contribution in [3.8, 4) is 5.75 Å². The van der Waals surface area contributed by atoms with Gasteiger partial charge in [-0.2, -0.15) is 5.10 Å². The molecule has 0 saturated carbocycles. The van der Waals surface area contributed by atoms with Crippen LogP contribution in [0.3, 0.4) is 0 Å². The molecule has 2 N–H and O–H groups in total. The number of para-hydroxylation sites is 1. The SMILES string of the molecule is O=C(N/N=C/c1ccccc1OC(=O)c1ccccc1Br)C(=O)Nc1ccc(Br)cc1F. The molecule has 0 heterocycles. The molecule has 0 aromatic heterocycles. The van der Waals surface area contributed by atoms with Crippen molar-refractivity contribution in [3.05, 3.63) is 92.6 Å². The largest absolute Gasteiger partial charge is 0.422 e. The van der Waals surface area contributed by atoms with E-state index in [2.05, 4.69) is 42.3 Å². The molecule has 3 rings (SSSR count). The number of hydrogen-bond donors (Lipinski definition) is 2. The van der Waals surface area contributed by atoms with Crippen LogP contribution >= 0.6 is 31.9 Å². The molecule has 7 nitrogen and oxygen atoms in total. The molecule has 0 fully saturated rings. The molecule has 32 heavy (non-hydrogen) atoms. The quantitative estimate of drug-likeness (QED) is 0.155. The van der Waals surface area contributed by atoms with E-state index >= 15 is 0 Å². The van der Waals surface area contributed by atoms with Gasteiger partial charge in [-0.1, -0.05) is 40.2 Å². The highest BCUT2D eigenvalue weighted by Crippen LogP contribution is 2.22. The number of anilines is 1. The van der Waals surface area contributed by atoms with Gasteiger partial charge < -0.3 is 10.1 Å². The number of hydrogen-bond acceptors (Lipinski definition) is 5. The van der Waals surface area contributed by atoms with Gasteiger partial charge in [0.05, 0.1) is 17.5 Å². The Bertz CT molecular complexity index is 1220. The lowest BCUT2D eigenvalue weighted by Crippen LogP contribution is -2.32. The minimum atomic E-state index is -1.11. The van der Waals surface area contributed by atoms with Gasteiger partial charge in [0, 0.05) is 14.5 Å². The van der Waals surface area contributed by atoms with E-state index < -0.39 is 23.6 Å². The molecular formula is C22H14Br2FN3O4. The first kappa shape index (κ1) is 23.3. The summed E-state index contributed by atoms with van der Waals surface area (Å²) in [4.78, 5) is 36.3. The van der Waals surface area contributed by atoms with Gasteiger partial charge in [0.25, 0.3) is 0 Å². The van der Waals surface area contributed by atoms with Gasteiger partial charge in [-0.25, -0.2) is 14.6 Å². The summed E-state index contributed by atoms with van der Waals surface area (Å²) in [5, 5.41) is 5.86. The number of amides is 2. The first-order valence-electron chi connectivity index (χ1n) is 9.00. The maximum atomic E-state index is 13.8. The van der Waals surface area contributed by atoms with Crippen LogP contribution in [0.4, 0.5) is 10.1 Å². The highest BCUT2D eigenvalue weighted by atomic mass is 79.9. The topological polar surface area (TPSA) is 96.9 Å². The summed E-state index contributed by atoms with van der Waals surface area (Å²) in [6.45, 7) is 0. The minimum Gasteiger partial charge on any atom is -0.422 e. The average Bonchev–Trinajstić information content (AvgIpc) is 2.77. The van der Waals surface area contributed by atoms with Crippen LogP contribution in [-0.4, -0.2) is 24.0 Å². The van der Waals surface area contributed by atoms with E-state index in [9.17, 15) is 18.8 Å². The second-order valence-corrected chi connectivity index (χ2v) is 7.95. The normalized spacial score (nSPS) is 10.6. The predicted molar refractivity (Wildman–Crippen MR) is 124 cm³/mol. The van der Waals surface area contributed by atoms with Crippen molar-refractivity contribution in [3.63, 3.8) is 0 Å². The molecule has 162 valence electrons. The standard InChI is InChI=1S/C22H14Br2FN3O4/c23-14-9-10-18(17(25)11-14)27-20(29)21(30)28-26-12-13-5-1-4-8-19(13)32-22(31)15-6-2-3-7-16(15)24/h1-12H,(H,27,29)(H,28,30)/b26-12+. The van der Waals surface area contributed by atoms with Crippen LogP contribution in [0.1, 0.15) is 15.9 Å². The first-order valence-corrected chi connectivity index (χ1v) is 10.6. The third-order valence-corrected chi connectivity index (χ3v) is 5.16. The van der Waals surface area contributed by atoms with E-state index in [0.717, 1.165) is 6.07 Å². The fourth-order valence-corrected chi connectivity index (χ4v) is 3.22. The van der Waals surface area contributed by atoms with E-state index in [0.29, 0.717) is 20.1 Å². The number of halogens is 3. The number of ether oxygens (including phenoxy) is 1. The number of rotatable bonds is 5. The predicted octanol–water partition coefficient (Wildman–Crippen LogP) is 4.66. The van der Waals surface area contributed by atoms with Crippen LogP contribution in [0.5, 0.6) is 5.75 Å². The molecule has 0 unspecified atom stereocenters. The lowest BCUT2D eigenvalue weighted by molar-refractivity contribution is -0.136. The molecule has 0 saturated heterocycles. The van der Waals surface area contributed by atoms with E-state index in [1.165, 1.54) is 18.3 Å². The van der Waals surface area contributed by atoms with Crippen molar-refractivity contribution in [2.24, 2.45) is 5.10 Å². The van der Waals surface area contributed by atoms with Crippen LogP contribution in [0, 0.1) is 5.82 Å². The molecule has 2 amide bonds. The molecule has 0 aliphatic carbocycles. The Morgan fingerprint density at radius 1 is 0.938 bits per heavy atom. The molecule has 0 radical (unpaired) electrons. The monoisotopic (exact) mass is 561 g/mol. The highest BCUT2D eigenvalue weighted by Gasteiger charge is 2.16. The minimum absolute atomic E-state index is 0.151. The Labute approximate surface area is 198 Å². The zero-order chi connectivity index (χ0) is 23.1. The van der Waals surface area contributed by atoms with Crippen LogP contribution in [0.2, 0.25) is 0 Å². The summed E-state index contributed by atoms with van der Waals surface area (Å²) >= 11 is 6.39. The highest BCUT2D eigenvalue weighted by molar-refractivity contribution is 9.10. The summed E-state index contributed by atoms with van der Waals surface area (Å²) in [5.74, 6) is -3.29. The van der Waals surface area contributed by atoms with Gasteiger partial charge in [0.1, 0.15) is 11.6 Å². The summed E-state index contributed by atoms with van der Waals surface area (Å²) in [6, 6.07) is 17.3. The Morgan fingerprint density at radius 3 is 2.41 bits per heavy atom. The fourth-order valence-electron chi connectivity index (χ4n) is 2.44. The molecule has 10 heteroatoms. The third kappa shape index (κ3) is 6.08. The summed E-state index contributed by atoms with van der Waals surface area (Å²) < 4.78 is 20.3. The van der Waals surface area contributed by atoms with Crippen molar-refractivity contribution in [1.29, 1.82) is 0 Å². The average molecular weight is 563 g/mol. The lowest BCUT2D eigenvalue weighted by Gasteiger charge is -2.08. The molecule has 0 atom stereocenters. The van der Waals surface area contributed by atoms with E-state index in [1.807, 2.05) is 5.43 Å². The molecular weight excluding hydrogens is 549 g/mol. The van der Waals surface area contributed by atoms with Crippen molar-refractivity contribution in [2.45, 2.75) is 0 Å². The molecule has 3 aromatic carbocycles. The summed E-state index contributed by atoms with van der Waals surface area (Å²) in [6.07, 6.45) is 1.22. The maximum Gasteiger partial charge on any atom is 0.344 e. The van der Waals surface area contributed by atoms with Crippen molar-refractivity contribution < 1.29 is 23.5 Å². The molecule has 3 aromatic rings. The number of carbonyl (C=O) groups excluding carboxylic acids is 3. The van der Waals surface area contributed by atoms with Gasteiger partial charge in [0.15, 0.2) is 0 Å². The number of carbonyl (C=O) groups is 3. The second kappa shape index (κ2) is 10.8. The van der Waals surface area contributed by atoms with Crippen molar-refractivity contribution >= 4 is 61.5 Å². The Hall–Kier alpha value is -3.37. The lowest BCUT2D eigenvalue weighted by atomic mass is 10.2. The van der Waals surface area contributed by atoms with Crippen LogP contribution in [0.25, 0.3) is 0 Å². The van der Waals surface area contributed by atoms with Crippen LogP contribution in [0.15, 0.2) is 80.8 Å². The molecule has 0 aliphatic rings. The van der Waals surface area contributed by atoms with E-state index in [4.69, 9.17) is 4.74 Å². The van der Waals surface area contributed by atoms with Gasteiger partial charge in [-0.05, 0) is 58.4 Å². The number of esters is 1. The first-order chi connectivity index (χ1) is 15.3. The number of hydrazone groups is 1. The maximum absolute atomic E-state index is 13.8. The Balaban J connectivity index is 1.64. The molecule has 0 spiro atoms. The molecule has 0 bridgehead atoms. The van der Waals surface area contributed by atoms with Crippen molar-refractivity contribution in [1.82, 2.24) is 5.43 Å². The van der Waals surface area contributed by atoms with Gasteiger partial charge in [-0.15, -0.1) is 0 Å². The fraction of sp³-hybridized carbons (Fsp3) is 0. The zero-order valence-electron chi connectivity index (χ0n) is 16.1. The second-order valence-electron chi connectivity index (χ2n) is 6.18. The van der Waals surface area contributed by atoms with E-state index in [-0.39, 0.29) is 11.4 Å². The van der Waals surface area contributed by atoms with Gasteiger partial charge >= 0.3 is 17.8 Å². The zero-order valence-corrected chi connectivity index (χ0v) is 19.3. The Morgan fingerprint density at radius 2 is 1.66 bits per heavy atom. The van der Waals surface area contributed by atoms with Crippen LogP contribution in [-0.2, 0) is 9.59 Å². The van der Waals surface area contributed by atoms with E-state index in [1.54, 1.807) is 48.5 Å². The number of nitrogens with one attached hydrogen (secondary N) is 2. The molecule has 0 aliphatic heterocycles. The number of benzene rings is 3. The smallest absolute Gasteiger partial charge is 0.344 e. The van der Waals surface area contributed by atoms with Crippen LogP contribution < -0.4 is 15.5 Å². The Kier molecular flexibility index (Phi) is 7.85.